The first-order valence-corrected chi connectivity index (χ1v) is 10.4. The molecule has 7 nitrogen and oxygen atoms in total. The van der Waals surface area contributed by atoms with Gasteiger partial charge in [0.2, 0.25) is 12.7 Å². The van der Waals surface area contributed by atoms with Crippen LogP contribution in [0.1, 0.15) is 11.1 Å². The minimum atomic E-state index is -0.0209. The highest BCUT2D eigenvalue weighted by molar-refractivity contribution is 6.32. The third-order valence-electron chi connectivity index (χ3n) is 5.43. The molecule has 1 saturated heterocycles. The van der Waals surface area contributed by atoms with Gasteiger partial charge >= 0.3 is 0 Å². The highest BCUT2D eigenvalue weighted by Crippen LogP contribution is 2.40. The molecule has 31 heavy (non-hydrogen) atoms. The molecule has 8 heteroatoms. The fraction of sp³-hybridized carbons (Fsp3) is 0.348. The fourth-order valence-electron chi connectivity index (χ4n) is 3.73. The lowest BCUT2D eigenvalue weighted by atomic mass is 10.1. The first-order valence-electron chi connectivity index (χ1n) is 10.1. The van der Waals surface area contributed by atoms with Gasteiger partial charge in [-0.05, 0) is 42.0 Å². The molecule has 0 bridgehead atoms. The highest BCUT2D eigenvalue weighted by Gasteiger charge is 2.21. The molecule has 4 rings (SSSR count). The van der Waals surface area contributed by atoms with Crippen molar-refractivity contribution in [1.82, 2.24) is 9.80 Å². The predicted octanol–water partition coefficient (Wildman–Crippen LogP) is 3.44. The van der Waals surface area contributed by atoms with Gasteiger partial charge in [0.15, 0.2) is 11.5 Å². The van der Waals surface area contributed by atoms with Gasteiger partial charge in [-0.3, -0.25) is 9.69 Å². The number of fused-ring (bicyclic) bond motifs is 1. The quantitative estimate of drug-likeness (QED) is 0.636. The van der Waals surface area contributed by atoms with Gasteiger partial charge in [0.25, 0.3) is 0 Å². The lowest BCUT2D eigenvalue weighted by Gasteiger charge is -2.34. The van der Waals surface area contributed by atoms with E-state index in [1.807, 2.05) is 29.2 Å². The van der Waals surface area contributed by atoms with Gasteiger partial charge in [-0.2, -0.15) is 0 Å². The van der Waals surface area contributed by atoms with E-state index < -0.39 is 0 Å². The Hall–Kier alpha value is -2.90. The van der Waals surface area contributed by atoms with Crippen LogP contribution >= 0.6 is 11.6 Å². The van der Waals surface area contributed by atoms with Crippen LogP contribution in [0.25, 0.3) is 6.08 Å². The average Bonchev–Trinajstić information content (AvgIpc) is 3.27. The van der Waals surface area contributed by atoms with E-state index in [-0.39, 0.29) is 12.7 Å². The van der Waals surface area contributed by atoms with E-state index in [1.54, 1.807) is 32.4 Å². The third kappa shape index (κ3) is 4.89. The van der Waals surface area contributed by atoms with Crippen LogP contribution in [-0.2, 0) is 11.3 Å². The van der Waals surface area contributed by atoms with Crippen molar-refractivity contribution in [3.63, 3.8) is 0 Å². The molecule has 1 amide bonds. The summed E-state index contributed by atoms with van der Waals surface area (Å²) in [7, 11) is 3.32. The maximum absolute atomic E-state index is 12.6. The van der Waals surface area contributed by atoms with Crippen molar-refractivity contribution in [3.8, 4) is 23.0 Å². The molecule has 2 aliphatic rings. The Morgan fingerprint density at radius 3 is 2.65 bits per heavy atom. The summed E-state index contributed by atoms with van der Waals surface area (Å²) in [6.45, 7) is 3.81. The van der Waals surface area contributed by atoms with Crippen LogP contribution in [0, 0.1) is 0 Å². The second-order valence-electron chi connectivity index (χ2n) is 7.35. The van der Waals surface area contributed by atoms with Crippen molar-refractivity contribution in [2.24, 2.45) is 0 Å². The molecule has 0 unspecified atom stereocenters. The number of amides is 1. The van der Waals surface area contributed by atoms with E-state index in [4.69, 9.17) is 30.5 Å². The van der Waals surface area contributed by atoms with Crippen LogP contribution in [-0.4, -0.2) is 62.9 Å². The number of piperazine rings is 1. The van der Waals surface area contributed by atoms with E-state index in [0.717, 1.165) is 42.3 Å². The van der Waals surface area contributed by atoms with Gasteiger partial charge in [-0.1, -0.05) is 11.6 Å². The summed E-state index contributed by atoms with van der Waals surface area (Å²) < 4.78 is 21.5. The Morgan fingerprint density at radius 1 is 1.10 bits per heavy atom. The van der Waals surface area contributed by atoms with Crippen molar-refractivity contribution in [2.75, 3.05) is 47.2 Å². The zero-order valence-corrected chi connectivity index (χ0v) is 18.4. The lowest BCUT2D eigenvalue weighted by molar-refractivity contribution is -0.127. The van der Waals surface area contributed by atoms with Crippen LogP contribution in [0.4, 0.5) is 0 Å². The molecule has 0 spiro atoms. The summed E-state index contributed by atoms with van der Waals surface area (Å²) in [6.07, 6.45) is 3.33. The van der Waals surface area contributed by atoms with Gasteiger partial charge in [-0.15, -0.1) is 0 Å². The number of benzene rings is 2. The standard InChI is InChI=1S/C23H25ClN2O5/c1-28-18-4-5-20(29-2)17(13-18)14-25-7-9-26(10-8-25)22(27)6-3-16-11-19(24)23-21(12-16)30-15-31-23/h3-6,11-13H,7-10,14-15H2,1-2H3/b6-3+. The smallest absolute Gasteiger partial charge is 0.246 e. The maximum atomic E-state index is 12.6. The Balaban J connectivity index is 1.33. The van der Waals surface area contributed by atoms with Crippen LogP contribution in [0.5, 0.6) is 23.0 Å². The molecule has 1 fully saturated rings. The minimum absolute atomic E-state index is 0.0209. The molecule has 2 aromatic carbocycles. The lowest BCUT2D eigenvalue weighted by Crippen LogP contribution is -2.47. The Labute approximate surface area is 186 Å². The number of ether oxygens (including phenoxy) is 4. The largest absolute Gasteiger partial charge is 0.497 e. The van der Waals surface area contributed by atoms with Gasteiger partial charge in [0.1, 0.15) is 11.5 Å². The van der Waals surface area contributed by atoms with E-state index in [0.29, 0.717) is 29.6 Å². The summed E-state index contributed by atoms with van der Waals surface area (Å²) in [5, 5.41) is 0.476. The number of halogens is 1. The summed E-state index contributed by atoms with van der Waals surface area (Å²) in [4.78, 5) is 16.8. The average molecular weight is 445 g/mol. The number of hydrogen-bond acceptors (Lipinski definition) is 6. The predicted molar refractivity (Wildman–Crippen MR) is 118 cm³/mol. The first-order chi connectivity index (χ1) is 15.1. The maximum Gasteiger partial charge on any atom is 0.246 e. The van der Waals surface area contributed by atoms with Crippen molar-refractivity contribution < 1.29 is 23.7 Å². The third-order valence-corrected chi connectivity index (χ3v) is 5.71. The Morgan fingerprint density at radius 2 is 1.90 bits per heavy atom. The van der Waals surface area contributed by atoms with Crippen molar-refractivity contribution >= 4 is 23.6 Å². The SMILES string of the molecule is COc1ccc(OC)c(CN2CCN(C(=O)/C=C/c3cc(Cl)c4c(c3)OCO4)CC2)c1. The molecular weight excluding hydrogens is 420 g/mol. The Kier molecular flexibility index (Phi) is 6.53. The molecule has 0 saturated carbocycles. The van der Waals surface area contributed by atoms with Gasteiger partial charge in [0.05, 0.1) is 19.2 Å². The van der Waals surface area contributed by atoms with Gasteiger partial charge < -0.3 is 23.8 Å². The van der Waals surface area contributed by atoms with E-state index in [9.17, 15) is 4.79 Å². The van der Waals surface area contributed by atoms with Crippen LogP contribution < -0.4 is 18.9 Å². The summed E-state index contributed by atoms with van der Waals surface area (Å²) >= 11 is 6.21. The molecule has 0 atom stereocenters. The topological polar surface area (TPSA) is 60.5 Å². The summed E-state index contributed by atoms with van der Waals surface area (Å²) in [6, 6.07) is 9.38. The summed E-state index contributed by atoms with van der Waals surface area (Å²) in [5.74, 6) is 2.77. The zero-order chi connectivity index (χ0) is 21.8. The number of hydrogen-bond donors (Lipinski definition) is 0. The number of carbonyl (C=O) groups excluding carboxylic acids is 1. The second-order valence-corrected chi connectivity index (χ2v) is 7.76. The molecule has 0 N–H and O–H groups in total. The number of rotatable bonds is 6. The Bertz CT molecular complexity index is 986. The highest BCUT2D eigenvalue weighted by atomic mass is 35.5. The number of nitrogens with zero attached hydrogens (tertiary/aromatic N) is 2. The van der Waals surface area contributed by atoms with Crippen LogP contribution in [0.15, 0.2) is 36.4 Å². The number of methoxy groups -OCH3 is 2. The normalized spacial score (nSPS) is 16.0. The molecule has 0 radical (unpaired) electrons. The van der Waals surface area contributed by atoms with Crippen molar-refractivity contribution in [1.29, 1.82) is 0 Å². The second kappa shape index (κ2) is 9.49. The van der Waals surface area contributed by atoms with Crippen molar-refractivity contribution in [3.05, 3.63) is 52.6 Å². The molecule has 0 aliphatic carbocycles. The monoisotopic (exact) mass is 444 g/mol. The van der Waals surface area contributed by atoms with E-state index in [2.05, 4.69) is 4.90 Å². The summed E-state index contributed by atoms with van der Waals surface area (Å²) in [5.41, 5.74) is 1.87. The van der Waals surface area contributed by atoms with Gasteiger partial charge in [0, 0.05) is 44.4 Å². The molecular formula is C23H25ClN2O5. The zero-order valence-electron chi connectivity index (χ0n) is 17.6. The van der Waals surface area contributed by atoms with Crippen LogP contribution in [0.2, 0.25) is 5.02 Å². The fourth-order valence-corrected chi connectivity index (χ4v) is 4.00. The first kappa shape index (κ1) is 21.3. The molecule has 2 aromatic rings. The van der Waals surface area contributed by atoms with E-state index >= 15 is 0 Å². The van der Waals surface area contributed by atoms with Crippen LogP contribution in [0.3, 0.4) is 0 Å². The van der Waals surface area contributed by atoms with Gasteiger partial charge in [-0.25, -0.2) is 0 Å². The molecule has 2 heterocycles. The number of carbonyl (C=O) groups is 1. The molecule has 0 aromatic heterocycles. The molecule has 2 aliphatic heterocycles. The van der Waals surface area contributed by atoms with Crippen molar-refractivity contribution in [2.45, 2.75) is 6.54 Å². The minimum Gasteiger partial charge on any atom is -0.497 e. The van der Waals surface area contributed by atoms with E-state index in [1.165, 1.54) is 0 Å². The molecule has 164 valence electrons.